The molecule has 1 fully saturated rings. The number of halogens is 1. The zero-order chi connectivity index (χ0) is 19.3. The minimum atomic E-state index is -0.956. The standard InChI is InChI=1S/C22H20ClN3O/c23-20-13-17(26-21(27)22(15-25)11-5-2-6-12-22)9-10-18(20)19(14-24)16-7-3-1-4-8-16/h1,3-4,7-10,13,19H,2,5-6,11-12H2,(H,26,27). The molecule has 1 N–H and O–H groups in total. The van der Waals surface area contributed by atoms with Gasteiger partial charge in [-0.3, -0.25) is 4.79 Å². The predicted molar refractivity (Wildman–Crippen MR) is 105 cm³/mol. The van der Waals surface area contributed by atoms with Crippen LogP contribution in [0.5, 0.6) is 0 Å². The van der Waals surface area contributed by atoms with Gasteiger partial charge >= 0.3 is 0 Å². The minimum absolute atomic E-state index is 0.270. The molecule has 0 aromatic heterocycles. The fourth-order valence-electron chi connectivity index (χ4n) is 3.60. The fourth-order valence-corrected chi connectivity index (χ4v) is 3.89. The molecular weight excluding hydrogens is 358 g/mol. The molecule has 2 aromatic carbocycles. The van der Waals surface area contributed by atoms with E-state index in [0.29, 0.717) is 29.1 Å². The first-order valence-electron chi connectivity index (χ1n) is 9.06. The molecule has 1 amide bonds. The van der Waals surface area contributed by atoms with Gasteiger partial charge in [-0.25, -0.2) is 0 Å². The second-order valence-corrected chi connectivity index (χ2v) is 7.32. The van der Waals surface area contributed by atoms with E-state index in [-0.39, 0.29) is 5.91 Å². The van der Waals surface area contributed by atoms with Crippen molar-refractivity contribution in [3.05, 3.63) is 64.7 Å². The second kappa shape index (κ2) is 8.25. The number of carbonyl (C=O) groups is 1. The van der Waals surface area contributed by atoms with Crippen molar-refractivity contribution in [1.29, 1.82) is 10.5 Å². The largest absolute Gasteiger partial charge is 0.325 e. The molecule has 3 rings (SSSR count). The van der Waals surface area contributed by atoms with E-state index >= 15 is 0 Å². The lowest BCUT2D eigenvalue weighted by Crippen LogP contribution is -2.36. The first-order chi connectivity index (χ1) is 13.1. The van der Waals surface area contributed by atoms with E-state index in [4.69, 9.17) is 11.6 Å². The molecule has 0 bridgehead atoms. The van der Waals surface area contributed by atoms with Gasteiger partial charge in [0.1, 0.15) is 5.41 Å². The van der Waals surface area contributed by atoms with Gasteiger partial charge in [-0.15, -0.1) is 0 Å². The van der Waals surface area contributed by atoms with Gasteiger partial charge in [-0.05, 0) is 36.1 Å². The van der Waals surface area contributed by atoms with Crippen LogP contribution < -0.4 is 5.32 Å². The van der Waals surface area contributed by atoms with Crippen LogP contribution in [0.3, 0.4) is 0 Å². The Morgan fingerprint density at radius 2 is 1.78 bits per heavy atom. The Morgan fingerprint density at radius 1 is 1.07 bits per heavy atom. The molecule has 0 radical (unpaired) electrons. The number of hydrogen-bond donors (Lipinski definition) is 1. The van der Waals surface area contributed by atoms with Crippen molar-refractivity contribution in [2.24, 2.45) is 5.41 Å². The first-order valence-corrected chi connectivity index (χ1v) is 9.44. The van der Waals surface area contributed by atoms with Crippen LogP contribution in [-0.4, -0.2) is 5.91 Å². The Labute approximate surface area is 164 Å². The first kappa shape index (κ1) is 19.0. The van der Waals surface area contributed by atoms with Crippen LogP contribution in [-0.2, 0) is 4.79 Å². The molecule has 2 aromatic rings. The van der Waals surface area contributed by atoms with E-state index in [1.54, 1.807) is 18.2 Å². The van der Waals surface area contributed by atoms with E-state index in [1.807, 2.05) is 30.3 Å². The summed E-state index contributed by atoms with van der Waals surface area (Å²) < 4.78 is 0. The maximum atomic E-state index is 12.7. The molecule has 0 saturated heterocycles. The summed E-state index contributed by atoms with van der Waals surface area (Å²) in [6.45, 7) is 0. The van der Waals surface area contributed by atoms with E-state index in [1.165, 1.54) is 0 Å². The van der Waals surface area contributed by atoms with Crippen LogP contribution >= 0.6 is 11.6 Å². The predicted octanol–water partition coefficient (Wildman–Crippen LogP) is 5.41. The number of rotatable bonds is 4. The van der Waals surface area contributed by atoms with Gasteiger partial charge in [0.25, 0.3) is 0 Å². The van der Waals surface area contributed by atoms with Crippen LogP contribution in [0.15, 0.2) is 48.5 Å². The van der Waals surface area contributed by atoms with E-state index in [9.17, 15) is 15.3 Å². The highest BCUT2D eigenvalue weighted by Crippen LogP contribution is 2.37. The Bertz CT molecular complexity index is 905. The SMILES string of the molecule is N#CC(c1ccccc1)c1ccc(NC(=O)C2(C#N)CCCCC2)cc1Cl. The second-order valence-electron chi connectivity index (χ2n) is 6.92. The lowest BCUT2D eigenvalue weighted by molar-refractivity contribution is -0.124. The molecule has 1 unspecified atom stereocenters. The summed E-state index contributed by atoms with van der Waals surface area (Å²) in [5, 5.41) is 22.4. The van der Waals surface area contributed by atoms with Gasteiger partial charge in [0.05, 0.1) is 18.1 Å². The fraction of sp³-hybridized carbons (Fsp3) is 0.318. The summed E-state index contributed by atoms with van der Waals surface area (Å²) in [5.74, 6) is -0.749. The normalized spacial score (nSPS) is 16.6. The van der Waals surface area contributed by atoms with Crippen LogP contribution in [0.4, 0.5) is 5.69 Å². The van der Waals surface area contributed by atoms with Gasteiger partial charge in [0, 0.05) is 10.7 Å². The highest BCUT2D eigenvalue weighted by Gasteiger charge is 2.39. The number of hydrogen-bond acceptors (Lipinski definition) is 3. The third-order valence-electron chi connectivity index (χ3n) is 5.19. The number of carbonyl (C=O) groups excluding carboxylic acids is 1. The van der Waals surface area contributed by atoms with Crippen molar-refractivity contribution in [2.45, 2.75) is 38.0 Å². The number of anilines is 1. The van der Waals surface area contributed by atoms with E-state index < -0.39 is 11.3 Å². The van der Waals surface area contributed by atoms with Crippen LogP contribution in [0.25, 0.3) is 0 Å². The molecule has 4 nitrogen and oxygen atoms in total. The topological polar surface area (TPSA) is 76.7 Å². The lowest BCUT2D eigenvalue weighted by Gasteiger charge is -2.29. The van der Waals surface area contributed by atoms with E-state index in [2.05, 4.69) is 17.5 Å². The quantitative estimate of drug-likeness (QED) is 0.773. The number of amides is 1. The van der Waals surface area contributed by atoms with Crippen molar-refractivity contribution in [3.8, 4) is 12.1 Å². The molecule has 1 saturated carbocycles. The zero-order valence-corrected chi connectivity index (χ0v) is 15.7. The summed E-state index contributed by atoms with van der Waals surface area (Å²) in [7, 11) is 0. The molecule has 0 spiro atoms. The van der Waals surface area contributed by atoms with Crippen LogP contribution in [0, 0.1) is 28.1 Å². The maximum absolute atomic E-state index is 12.7. The van der Waals surface area contributed by atoms with Crippen molar-refractivity contribution in [2.75, 3.05) is 5.32 Å². The Hall–Kier alpha value is -2.82. The third kappa shape index (κ3) is 3.97. The van der Waals surface area contributed by atoms with Gasteiger partial charge in [-0.1, -0.05) is 67.3 Å². The summed E-state index contributed by atoms with van der Waals surface area (Å²) >= 11 is 6.42. The molecule has 136 valence electrons. The van der Waals surface area contributed by atoms with Crippen molar-refractivity contribution < 1.29 is 4.79 Å². The lowest BCUT2D eigenvalue weighted by atomic mass is 9.74. The summed E-state index contributed by atoms with van der Waals surface area (Å²) in [6, 6.07) is 19.1. The van der Waals surface area contributed by atoms with Gasteiger partial charge in [0.15, 0.2) is 0 Å². The van der Waals surface area contributed by atoms with Gasteiger partial charge in [0.2, 0.25) is 5.91 Å². The molecule has 0 aliphatic heterocycles. The Kier molecular flexibility index (Phi) is 5.79. The molecular formula is C22H20ClN3O. The van der Waals surface area contributed by atoms with Crippen LogP contribution in [0.1, 0.15) is 49.1 Å². The van der Waals surface area contributed by atoms with Gasteiger partial charge in [-0.2, -0.15) is 10.5 Å². The average Bonchev–Trinajstić information content (AvgIpc) is 2.71. The Balaban J connectivity index is 1.82. The molecule has 1 aliphatic carbocycles. The number of benzene rings is 2. The maximum Gasteiger partial charge on any atom is 0.244 e. The Morgan fingerprint density at radius 3 is 2.37 bits per heavy atom. The summed E-state index contributed by atoms with van der Waals surface area (Å²) in [6.07, 6.45) is 4.02. The minimum Gasteiger partial charge on any atom is -0.325 e. The third-order valence-corrected chi connectivity index (χ3v) is 5.51. The number of nitriles is 2. The molecule has 0 heterocycles. The monoisotopic (exact) mass is 377 g/mol. The molecule has 27 heavy (non-hydrogen) atoms. The highest BCUT2D eigenvalue weighted by molar-refractivity contribution is 6.31. The van der Waals surface area contributed by atoms with E-state index in [0.717, 1.165) is 24.8 Å². The smallest absolute Gasteiger partial charge is 0.244 e. The van der Waals surface area contributed by atoms with Crippen molar-refractivity contribution >= 4 is 23.2 Å². The molecule has 1 aliphatic rings. The zero-order valence-electron chi connectivity index (χ0n) is 14.9. The van der Waals surface area contributed by atoms with Gasteiger partial charge < -0.3 is 5.32 Å². The van der Waals surface area contributed by atoms with Crippen molar-refractivity contribution in [1.82, 2.24) is 0 Å². The summed E-state index contributed by atoms with van der Waals surface area (Å²) in [5.41, 5.74) is 1.14. The number of nitrogens with one attached hydrogen (secondary N) is 1. The number of nitrogens with zero attached hydrogens (tertiary/aromatic N) is 2. The highest BCUT2D eigenvalue weighted by atomic mass is 35.5. The van der Waals surface area contributed by atoms with Crippen molar-refractivity contribution in [3.63, 3.8) is 0 Å². The average molecular weight is 378 g/mol. The molecule has 5 heteroatoms. The van der Waals surface area contributed by atoms with Crippen LogP contribution in [0.2, 0.25) is 5.02 Å². The summed E-state index contributed by atoms with van der Waals surface area (Å²) in [4.78, 5) is 12.7. The molecule has 1 atom stereocenters.